The fraction of sp³-hybridized carbons (Fsp3) is 0.760. The van der Waals surface area contributed by atoms with Crippen molar-refractivity contribution in [3.63, 3.8) is 0 Å². The summed E-state index contributed by atoms with van der Waals surface area (Å²) in [5, 5.41) is 37.1. The Morgan fingerprint density at radius 2 is 0.968 bits per heavy atom. The van der Waals surface area contributed by atoms with E-state index in [1.165, 1.54) is 39.5 Å². The van der Waals surface area contributed by atoms with Gasteiger partial charge in [-0.25, -0.2) is 0 Å². The van der Waals surface area contributed by atoms with Crippen LogP contribution in [0.1, 0.15) is 79.1 Å². The predicted octanol–water partition coefficient (Wildman–Crippen LogP) is 4.24. The Morgan fingerprint density at radius 3 is 1.23 bits per heavy atom. The van der Waals surface area contributed by atoms with Crippen molar-refractivity contribution in [2.45, 2.75) is 104 Å². The van der Waals surface area contributed by atoms with Crippen molar-refractivity contribution in [1.29, 1.82) is 0 Å². The molecule has 0 saturated heterocycles. The lowest BCUT2D eigenvalue weighted by Crippen LogP contribution is -2.38. The Kier molecular flexibility index (Phi) is 10.1. The smallest absolute Gasteiger partial charge is 0.194 e. The molecule has 1 aromatic rings. The maximum Gasteiger partial charge on any atom is 0.194 e. The van der Waals surface area contributed by atoms with Gasteiger partial charge in [0.2, 0.25) is 0 Å². The van der Waals surface area contributed by atoms with E-state index in [1.54, 1.807) is 24.3 Å². The van der Waals surface area contributed by atoms with Crippen molar-refractivity contribution in [1.82, 2.24) is 0 Å². The molecule has 2 unspecified atom stereocenters. The van der Waals surface area contributed by atoms with Crippen LogP contribution in [0.5, 0.6) is 11.5 Å². The van der Waals surface area contributed by atoms with Gasteiger partial charge in [-0.15, -0.1) is 0 Å². The second-order valence-corrected chi connectivity index (χ2v) is 9.74. The van der Waals surface area contributed by atoms with Gasteiger partial charge in [0.05, 0.1) is 12.2 Å². The minimum atomic E-state index is -0.835. The Labute approximate surface area is 187 Å². The first kappa shape index (κ1) is 25.9. The molecule has 2 aliphatic carbocycles. The summed E-state index contributed by atoms with van der Waals surface area (Å²) in [6, 6.07) is 6.63. The molecular weight excluding hydrogens is 396 g/mol. The molecule has 6 nitrogen and oxygen atoms in total. The topological polar surface area (TPSA) is 99.4 Å². The van der Waals surface area contributed by atoms with Crippen LogP contribution >= 0.6 is 0 Å². The van der Waals surface area contributed by atoms with Gasteiger partial charge >= 0.3 is 0 Å². The third-order valence-corrected chi connectivity index (χ3v) is 6.93. The van der Waals surface area contributed by atoms with Crippen LogP contribution in [0.3, 0.4) is 0 Å². The van der Waals surface area contributed by atoms with E-state index < -0.39 is 12.6 Å². The summed E-state index contributed by atoms with van der Waals surface area (Å²) < 4.78 is 10.0. The minimum Gasteiger partial charge on any atom is -0.465 e. The van der Waals surface area contributed by atoms with Gasteiger partial charge in [0.15, 0.2) is 12.6 Å². The van der Waals surface area contributed by atoms with Crippen LogP contribution in [0.15, 0.2) is 24.3 Å². The molecule has 31 heavy (non-hydrogen) atoms. The summed E-state index contributed by atoms with van der Waals surface area (Å²) in [7, 11) is 0. The number of aliphatic hydroxyl groups excluding tert-OH is 4. The van der Waals surface area contributed by atoms with Gasteiger partial charge in [0.1, 0.15) is 11.5 Å². The molecule has 0 spiro atoms. The van der Waals surface area contributed by atoms with E-state index in [2.05, 4.69) is 13.8 Å². The van der Waals surface area contributed by atoms with Crippen LogP contribution in [-0.2, 0) is 0 Å². The number of rotatable bonds is 6. The number of hydrogen-bond acceptors (Lipinski definition) is 6. The first-order valence-corrected chi connectivity index (χ1v) is 11.7. The second kappa shape index (κ2) is 12.0. The Bertz CT molecular complexity index is 558. The highest BCUT2D eigenvalue weighted by molar-refractivity contribution is 5.31. The lowest BCUT2D eigenvalue weighted by atomic mass is 9.60. The van der Waals surface area contributed by atoms with Gasteiger partial charge in [0.25, 0.3) is 0 Å². The Morgan fingerprint density at radius 1 is 0.677 bits per heavy atom. The van der Waals surface area contributed by atoms with Crippen LogP contribution in [0, 0.1) is 17.3 Å². The summed E-state index contributed by atoms with van der Waals surface area (Å²) in [6.45, 7) is 7.88. The summed E-state index contributed by atoms with van der Waals surface area (Å²) >= 11 is 0. The lowest BCUT2D eigenvalue weighted by Gasteiger charge is -2.46. The number of benzene rings is 1. The molecule has 0 heterocycles. The zero-order valence-electron chi connectivity index (χ0n) is 19.5. The van der Waals surface area contributed by atoms with Gasteiger partial charge < -0.3 is 29.9 Å². The first-order valence-electron chi connectivity index (χ1n) is 11.7. The molecule has 0 aromatic heterocycles. The summed E-state index contributed by atoms with van der Waals surface area (Å²) in [4.78, 5) is 0. The molecule has 0 radical (unpaired) electrons. The maximum atomic E-state index is 9.60. The second-order valence-electron chi connectivity index (χ2n) is 9.74. The molecule has 2 fully saturated rings. The fourth-order valence-electron chi connectivity index (χ4n) is 4.96. The lowest BCUT2D eigenvalue weighted by molar-refractivity contribution is -0.00360. The highest BCUT2D eigenvalue weighted by atomic mass is 16.6. The summed E-state index contributed by atoms with van der Waals surface area (Å²) in [5.74, 6) is 2.65. The van der Waals surface area contributed by atoms with Crippen LogP contribution in [0.4, 0.5) is 0 Å². The molecule has 0 bridgehead atoms. The van der Waals surface area contributed by atoms with Crippen LogP contribution < -0.4 is 9.47 Å². The van der Waals surface area contributed by atoms with Crippen molar-refractivity contribution in [3.8, 4) is 11.5 Å². The highest BCUT2D eigenvalue weighted by Crippen LogP contribution is 2.48. The molecule has 2 aliphatic rings. The van der Waals surface area contributed by atoms with Gasteiger partial charge in [-0.3, -0.25) is 0 Å². The van der Waals surface area contributed by atoms with E-state index in [0.29, 0.717) is 16.9 Å². The SMILES string of the molecule is CC(C)(C1CCC(O)CC1)C1CCC(O)CC1.CC(O)Oc1ccc(OC(C)O)cc1. The van der Waals surface area contributed by atoms with Gasteiger partial charge in [-0.1, -0.05) is 13.8 Å². The average molecular weight is 439 g/mol. The van der Waals surface area contributed by atoms with Crippen molar-refractivity contribution >= 4 is 0 Å². The monoisotopic (exact) mass is 438 g/mol. The van der Waals surface area contributed by atoms with Crippen molar-refractivity contribution < 1.29 is 29.9 Å². The van der Waals surface area contributed by atoms with Crippen molar-refractivity contribution in [2.75, 3.05) is 0 Å². The third-order valence-electron chi connectivity index (χ3n) is 6.93. The van der Waals surface area contributed by atoms with E-state index >= 15 is 0 Å². The molecule has 1 aromatic carbocycles. The Balaban J connectivity index is 0.000000225. The molecule has 0 amide bonds. The van der Waals surface area contributed by atoms with E-state index in [1.807, 2.05) is 0 Å². The molecule has 178 valence electrons. The zero-order valence-corrected chi connectivity index (χ0v) is 19.5. The molecule has 4 N–H and O–H groups in total. The summed E-state index contributed by atoms with van der Waals surface area (Å²) in [5.41, 5.74) is 0.389. The van der Waals surface area contributed by atoms with Crippen molar-refractivity contribution in [2.24, 2.45) is 17.3 Å². The van der Waals surface area contributed by atoms with Gasteiger partial charge in [-0.05, 0) is 107 Å². The summed E-state index contributed by atoms with van der Waals surface area (Å²) in [6.07, 6.45) is 6.95. The van der Waals surface area contributed by atoms with E-state index in [4.69, 9.17) is 19.7 Å². The molecule has 2 saturated carbocycles. The van der Waals surface area contributed by atoms with E-state index in [0.717, 1.165) is 37.5 Å². The Hall–Kier alpha value is -1.34. The predicted molar refractivity (Wildman–Crippen MR) is 121 cm³/mol. The number of hydrogen-bond donors (Lipinski definition) is 4. The first-order chi connectivity index (χ1) is 14.6. The quantitative estimate of drug-likeness (QED) is 0.496. The number of ether oxygens (including phenoxy) is 2. The van der Waals surface area contributed by atoms with Crippen molar-refractivity contribution in [3.05, 3.63) is 24.3 Å². The highest BCUT2D eigenvalue weighted by Gasteiger charge is 2.39. The molecule has 3 rings (SSSR count). The van der Waals surface area contributed by atoms with Crippen LogP contribution in [0.2, 0.25) is 0 Å². The minimum absolute atomic E-state index is 0.0461. The van der Waals surface area contributed by atoms with Crippen LogP contribution in [-0.4, -0.2) is 45.2 Å². The molecular formula is C25H42O6. The third kappa shape index (κ3) is 8.60. The van der Waals surface area contributed by atoms with E-state index in [9.17, 15) is 10.2 Å². The zero-order chi connectivity index (χ0) is 23.0. The average Bonchev–Trinajstić information content (AvgIpc) is 2.70. The van der Waals surface area contributed by atoms with Crippen LogP contribution in [0.25, 0.3) is 0 Å². The fourth-order valence-corrected chi connectivity index (χ4v) is 4.96. The van der Waals surface area contributed by atoms with Gasteiger partial charge in [-0.2, -0.15) is 0 Å². The maximum absolute atomic E-state index is 9.60. The molecule has 6 heteroatoms. The van der Waals surface area contributed by atoms with E-state index in [-0.39, 0.29) is 12.2 Å². The molecule has 0 aliphatic heterocycles. The molecule has 2 atom stereocenters. The normalized spacial score (nSPS) is 28.6. The standard InChI is InChI=1S/C15H28O2.C10H14O4/c1-15(2,11-3-7-13(16)8-4-11)12-5-9-14(17)10-6-12;1-7(11)13-9-3-5-10(6-4-9)14-8(2)12/h11-14,16-17H,3-10H2,1-2H3;3-8,11-12H,1-2H3. The van der Waals surface area contributed by atoms with Gasteiger partial charge in [0, 0.05) is 0 Å². The largest absolute Gasteiger partial charge is 0.465 e. The number of aliphatic hydroxyl groups is 4.